The van der Waals surface area contributed by atoms with E-state index in [-0.39, 0.29) is 17.9 Å². The van der Waals surface area contributed by atoms with E-state index in [0.29, 0.717) is 16.8 Å². The Balaban J connectivity index is 1.91. The molecule has 8 heteroatoms. The molecule has 2 aromatic heterocycles. The summed E-state index contributed by atoms with van der Waals surface area (Å²) in [6, 6.07) is 8.67. The molecule has 0 fully saturated rings. The Morgan fingerprint density at radius 3 is 2.48 bits per heavy atom. The summed E-state index contributed by atoms with van der Waals surface area (Å²) in [4.78, 5) is 26.9. The van der Waals surface area contributed by atoms with E-state index in [4.69, 9.17) is 9.84 Å². The van der Waals surface area contributed by atoms with Gasteiger partial charge in [-0.3, -0.25) is 4.98 Å². The first-order valence-corrected chi connectivity index (χ1v) is 7.47. The SMILES string of the molecule is CCOC(=O)c1n[nH]nc1-c1ccc(-c2cncc(C(=O)O)c2)cc1. The van der Waals surface area contributed by atoms with Gasteiger partial charge < -0.3 is 9.84 Å². The van der Waals surface area contributed by atoms with E-state index in [1.807, 2.05) is 0 Å². The number of rotatable bonds is 5. The predicted octanol–water partition coefficient (Wildman–Crippen LogP) is 2.41. The summed E-state index contributed by atoms with van der Waals surface area (Å²) in [6.45, 7) is 1.96. The maximum Gasteiger partial charge on any atom is 0.361 e. The molecule has 0 unspecified atom stereocenters. The van der Waals surface area contributed by atoms with Crippen LogP contribution in [0.2, 0.25) is 0 Å². The number of carboxylic acids is 1. The van der Waals surface area contributed by atoms with Crippen molar-refractivity contribution in [2.45, 2.75) is 6.92 Å². The van der Waals surface area contributed by atoms with Crippen LogP contribution in [-0.4, -0.2) is 44.0 Å². The van der Waals surface area contributed by atoms with Gasteiger partial charge in [0.1, 0.15) is 5.69 Å². The highest BCUT2D eigenvalue weighted by molar-refractivity contribution is 5.94. The summed E-state index contributed by atoms with van der Waals surface area (Å²) in [6.07, 6.45) is 2.88. The van der Waals surface area contributed by atoms with Gasteiger partial charge in [-0.1, -0.05) is 24.3 Å². The lowest BCUT2D eigenvalue weighted by Crippen LogP contribution is -2.06. The number of esters is 1. The Morgan fingerprint density at radius 1 is 1.08 bits per heavy atom. The van der Waals surface area contributed by atoms with Gasteiger partial charge in [-0.2, -0.15) is 10.3 Å². The van der Waals surface area contributed by atoms with E-state index in [2.05, 4.69) is 20.4 Å². The van der Waals surface area contributed by atoms with Crippen LogP contribution in [0.1, 0.15) is 27.8 Å². The number of hydrogen-bond donors (Lipinski definition) is 2. The molecule has 25 heavy (non-hydrogen) atoms. The van der Waals surface area contributed by atoms with Crippen LogP contribution in [-0.2, 0) is 4.74 Å². The fourth-order valence-corrected chi connectivity index (χ4v) is 2.31. The molecule has 0 aliphatic rings. The highest BCUT2D eigenvalue weighted by atomic mass is 16.5. The van der Waals surface area contributed by atoms with Crippen LogP contribution >= 0.6 is 0 Å². The molecule has 3 aromatic rings. The Morgan fingerprint density at radius 2 is 1.80 bits per heavy atom. The van der Waals surface area contributed by atoms with Crippen molar-refractivity contribution in [3.8, 4) is 22.4 Å². The number of aromatic carboxylic acids is 1. The first-order chi connectivity index (χ1) is 12.1. The molecular weight excluding hydrogens is 324 g/mol. The zero-order valence-electron chi connectivity index (χ0n) is 13.3. The molecule has 2 N–H and O–H groups in total. The van der Waals surface area contributed by atoms with E-state index in [0.717, 1.165) is 5.56 Å². The van der Waals surface area contributed by atoms with Crippen molar-refractivity contribution in [1.29, 1.82) is 0 Å². The largest absolute Gasteiger partial charge is 0.478 e. The Labute approximate surface area is 142 Å². The molecule has 2 heterocycles. The summed E-state index contributed by atoms with van der Waals surface area (Å²) < 4.78 is 4.95. The Kier molecular flexibility index (Phi) is 4.51. The minimum Gasteiger partial charge on any atom is -0.478 e. The number of carbonyl (C=O) groups excluding carboxylic acids is 1. The fraction of sp³-hybridized carbons (Fsp3) is 0.118. The molecule has 0 spiro atoms. The molecule has 0 saturated carbocycles. The third-order valence-electron chi connectivity index (χ3n) is 3.49. The molecule has 3 rings (SSSR count). The lowest BCUT2D eigenvalue weighted by atomic mass is 10.0. The highest BCUT2D eigenvalue weighted by Crippen LogP contribution is 2.25. The quantitative estimate of drug-likeness (QED) is 0.686. The van der Waals surface area contributed by atoms with E-state index >= 15 is 0 Å². The third kappa shape index (κ3) is 3.37. The van der Waals surface area contributed by atoms with E-state index in [9.17, 15) is 9.59 Å². The first-order valence-electron chi connectivity index (χ1n) is 7.47. The summed E-state index contributed by atoms with van der Waals surface area (Å²) in [7, 11) is 0. The normalized spacial score (nSPS) is 10.4. The zero-order valence-corrected chi connectivity index (χ0v) is 13.3. The number of aromatic nitrogens is 4. The number of hydrogen-bond acceptors (Lipinski definition) is 6. The Bertz CT molecular complexity index is 918. The molecule has 0 radical (unpaired) electrons. The van der Waals surface area contributed by atoms with Crippen LogP contribution in [0, 0.1) is 0 Å². The molecule has 1 aromatic carbocycles. The minimum atomic E-state index is -1.03. The molecule has 0 amide bonds. The number of benzene rings is 1. The molecule has 8 nitrogen and oxygen atoms in total. The van der Waals surface area contributed by atoms with Gasteiger partial charge in [0.05, 0.1) is 12.2 Å². The van der Waals surface area contributed by atoms with Crippen molar-refractivity contribution in [3.05, 3.63) is 54.0 Å². The van der Waals surface area contributed by atoms with E-state index < -0.39 is 11.9 Å². The standard InChI is InChI=1S/C17H14N4O4/c1-2-25-17(24)15-14(19-21-20-15)11-5-3-10(4-6-11)12-7-13(16(22)23)9-18-8-12/h3-9H,2H2,1H3,(H,22,23)(H,19,20,21). The van der Waals surface area contributed by atoms with E-state index in [1.54, 1.807) is 43.5 Å². The topological polar surface area (TPSA) is 118 Å². The number of ether oxygens (including phenoxy) is 1. The minimum absolute atomic E-state index is 0.114. The summed E-state index contributed by atoms with van der Waals surface area (Å²) >= 11 is 0. The van der Waals surface area contributed by atoms with Crippen molar-refractivity contribution in [2.24, 2.45) is 0 Å². The van der Waals surface area contributed by atoms with Crippen LogP contribution in [0.25, 0.3) is 22.4 Å². The number of nitrogens with zero attached hydrogens (tertiary/aromatic N) is 3. The number of carboxylic acid groups (broad SMARTS) is 1. The van der Waals surface area contributed by atoms with Gasteiger partial charge in [0.2, 0.25) is 0 Å². The van der Waals surface area contributed by atoms with Crippen LogP contribution in [0.5, 0.6) is 0 Å². The summed E-state index contributed by atoms with van der Waals surface area (Å²) in [5, 5.41) is 19.3. The molecule has 0 bridgehead atoms. The average Bonchev–Trinajstić information content (AvgIpc) is 3.12. The maximum absolute atomic E-state index is 11.9. The summed E-state index contributed by atoms with van der Waals surface area (Å²) in [5.41, 5.74) is 2.77. The van der Waals surface area contributed by atoms with Gasteiger partial charge in [-0.05, 0) is 18.6 Å². The second kappa shape index (κ2) is 6.91. The Hall–Kier alpha value is -3.55. The van der Waals surface area contributed by atoms with Gasteiger partial charge in [-0.25, -0.2) is 9.59 Å². The zero-order chi connectivity index (χ0) is 17.8. The van der Waals surface area contributed by atoms with Crippen molar-refractivity contribution in [3.63, 3.8) is 0 Å². The molecule has 0 saturated heterocycles. The van der Waals surface area contributed by atoms with Gasteiger partial charge in [0.15, 0.2) is 5.69 Å². The number of aromatic amines is 1. The van der Waals surface area contributed by atoms with Gasteiger partial charge >= 0.3 is 11.9 Å². The van der Waals surface area contributed by atoms with Crippen LogP contribution in [0.3, 0.4) is 0 Å². The molecule has 126 valence electrons. The number of pyridine rings is 1. The van der Waals surface area contributed by atoms with Crippen LogP contribution in [0.15, 0.2) is 42.7 Å². The molecule has 0 aliphatic carbocycles. The molecule has 0 atom stereocenters. The van der Waals surface area contributed by atoms with Crippen molar-refractivity contribution < 1.29 is 19.4 Å². The van der Waals surface area contributed by atoms with E-state index in [1.165, 1.54) is 6.20 Å². The number of H-pyrrole nitrogens is 1. The number of nitrogens with one attached hydrogen (secondary N) is 1. The number of carbonyl (C=O) groups is 2. The average molecular weight is 338 g/mol. The lowest BCUT2D eigenvalue weighted by molar-refractivity contribution is 0.0519. The van der Waals surface area contributed by atoms with Crippen molar-refractivity contribution >= 4 is 11.9 Å². The molecular formula is C17H14N4O4. The van der Waals surface area contributed by atoms with Crippen LogP contribution in [0.4, 0.5) is 0 Å². The lowest BCUT2D eigenvalue weighted by Gasteiger charge is -2.05. The molecule has 0 aliphatic heterocycles. The fourth-order valence-electron chi connectivity index (χ4n) is 2.31. The van der Waals surface area contributed by atoms with Crippen LogP contribution < -0.4 is 0 Å². The second-order valence-corrected chi connectivity index (χ2v) is 5.09. The van der Waals surface area contributed by atoms with Gasteiger partial charge in [0.25, 0.3) is 0 Å². The van der Waals surface area contributed by atoms with Gasteiger partial charge in [-0.15, -0.1) is 5.10 Å². The monoisotopic (exact) mass is 338 g/mol. The maximum atomic E-state index is 11.9. The van der Waals surface area contributed by atoms with Crippen molar-refractivity contribution in [2.75, 3.05) is 6.61 Å². The highest BCUT2D eigenvalue weighted by Gasteiger charge is 2.19. The third-order valence-corrected chi connectivity index (χ3v) is 3.49. The first kappa shape index (κ1) is 16.3. The predicted molar refractivity (Wildman–Crippen MR) is 88.0 cm³/mol. The van der Waals surface area contributed by atoms with Gasteiger partial charge in [0, 0.05) is 23.5 Å². The smallest absolute Gasteiger partial charge is 0.361 e. The second-order valence-electron chi connectivity index (χ2n) is 5.09. The summed E-state index contributed by atoms with van der Waals surface area (Å²) in [5.74, 6) is -1.58. The van der Waals surface area contributed by atoms with Crippen molar-refractivity contribution in [1.82, 2.24) is 20.4 Å².